The van der Waals surface area contributed by atoms with Crippen molar-refractivity contribution in [2.75, 3.05) is 5.43 Å². The normalized spacial score (nSPS) is 9.21. The van der Waals surface area contributed by atoms with E-state index in [-0.39, 0.29) is 5.56 Å². The van der Waals surface area contributed by atoms with E-state index in [0.29, 0.717) is 17.8 Å². The molecular formula is C8H9N3O3. The molecule has 6 heteroatoms. The van der Waals surface area contributed by atoms with E-state index >= 15 is 0 Å². The highest BCUT2D eigenvalue weighted by molar-refractivity contribution is 5.87. The third kappa shape index (κ3) is 2.19. The molecule has 1 aromatic heterocycles. The van der Waals surface area contributed by atoms with E-state index in [1.807, 2.05) is 0 Å². The van der Waals surface area contributed by atoms with Crippen molar-refractivity contribution in [3.05, 3.63) is 23.4 Å². The number of anilines is 1. The van der Waals surface area contributed by atoms with Crippen molar-refractivity contribution in [1.29, 1.82) is 0 Å². The van der Waals surface area contributed by atoms with Gasteiger partial charge in [0.1, 0.15) is 5.82 Å². The van der Waals surface area contributed by atoms with E-state index in [9.17, 15) is 9.59 Å². The highest BCUT2D eigenvalue weighted by Crippen LogP contribution is 2.11. The predicted molar refractivity (Wildman–Crippen MR) is 48.8 cm³/mol. The van der Waals surface area contributed by atoms with Crippen LogP contribution in [0, 0.1) is 6.92 Å². The molecule has 0 radical (unpaired) electrons. The SMILES string of the molecule is Cc1cc(C(=O)O)cnc1NNC=O. The van der Waals surface area contributed by atoms with Gasteiger partial charge < -0.3 is 5.11 Å². The van der Waals surface area contributed by atoms with Crippen LogP contribution in [0.15, 0.2) is 12.3 Å². The summed E-state index contributed by atoms with van der Waals surface area (Å²) >= 11 is 0. The molecule has 6 nitrogen and oxygen atoms in total. The van der Waals surface area contributed by atoms with Gasteiger partial charge in [-0.3, -0.25) is 15.6 Å². The summed E-state index contributed by atoms with van der Waals surface area (Å²) in [5, 5.41) is 8.64. The number of hydrazine groups is 1. The summed E-state index contributed by atoms with van der Waals surface area (Å²) < 4.78 is 0. The summed E-state index contributed by atoms with van der Waals surface area (Å²) in [5.41, 5.74) is 5.47. The van der Waals surface area contributed by atoms with Crippen molar-refractivity contribution in [1.82, 2.24) is 10.4 Å². The molecule has 0 aliphatic rings. The molecule has 0 fully saturated rings. The minimum absolute atomic E-state index is 0.110. The molecule has 74 valence electrons. The van der Waals surface area contributed by atoms with Crippen molar-refractivity contribution in [2.24, 2.45) is 0 Å². The topological polar surface area (TPSA) is 91.3 Å². The molecule has 0 bridgehead atoms. The van der Waals surface area contributed by atoms with Gasteiger partial charge in [0, 0.05) is 6.20 Å². The standard InChI is InChI=1S/C8H9N3O3/c1-5-2-6(8(13)14)3-9-7(5)11-10-4-12/h2-4H,1H3,(H,9,11)(H,10,12)(H,13,14). The lowest BCUT2D eigenvalue weighted by molar-refractivity contribution is -0.109. The maximum Gasteiger partial charge on any atom is 0.337 e. The van der Waals surface area contributed by atoms with Crippen molar-refractivity contribution in [3.8, 4) is 0 Å². The van der Waals surface area contributed by atoms with Crippen LogP contribution >= 0.6 is 0 Å². The molecule has 1 aromatic rings. The molecule has 1 amide bonds. The van der Waals surface area contributed by atoms with Crippen LogP contribution in [0.2, 0.25) is 0 Å². The second-order valence-corrected chi connectivity index (χ2v) is 2.58. The number of carboxylic acid groups (broad SMARTS) is 1. The molecule has 1 heterocycles. The summed E-state index contributed by atoms with van der Waals surface area (Å²) in [5.74, 6) is -0.613. The van der Waals surface area contributed by atoms with Crippen molar-refractivity contribution >= 4 is 18.2 Å². The average Bonchev–Trinajstić information content (AvgIpc) is 2.15. The predicted octanol–water partition coefficient (Wildman–Crippen LogP) is 0.161. The molecule has 0 saturated heterocycles. The lowest BCUT2D eigenvalue weighted by Crippen LogP contribution is -2.20. The van der Waals surface area contributed by atoms with Gasteiger partial charge in [0.05, 0.1) is 5.56 Å². The zero-order chi connectivity index (χ0) is 10.6. The number of hydrogen-bond donors (Lipinski definition) is 3. The first-order chi connectivity index (χ1) is 6.65. The Morgan fingerprint density at radius 1 is 1.64 bits per heavy atom. The van der Waals surface area contributed by atoms with E-state index in [0.717, 1.165) is 0 Å². The van der Waals surface area contributed by atoms with Crippen LogP contribution in [0.4, 0.5) is 5.82 Å². The Bertz CT molecular complexity index is 365. The van der Waals surface area contributed by atoms with Crippen LogP contribution in [0.5, 0.6) is 0 Å². The van der Waals surface area contributed by atoms with Crippen LogP contribution in [0.25, 0.3) is 0 Å². The van der Waals surface area contributed by atoms with E-state index in [1.165, 1.54) is 12.3 Å². The van der Waals surface area contributed by atoms with E-state index < -0.39 is 5.97 Å². The summed E-state index contributed by atoms with van der Waals surface area (Å²) in [7, 11) is 0. The fraction of sp³-hybridized carbons (Fsp3) is 0.125. The Morgan fingerprint density at radius 2 is 2.36 bits per heavy atom. The zero-order valence-corrected chi connectivity index (χ0v) is 7.44. The van der Waals surface area contributed by atoms with Crippen LogP contribution in [0.1, 0.15) is 15.9 Å². The molecule has 0 aromatic carbocycles. The number of carboxylic acids is 1. The summed E-state index contributed by atoms with van der Waals surface area (Å²) in [6.07, 6.45) is 1.68. The van der Waals surface area contributed by atoms with Gasteiger partial charge >= 0.3 is 5.97 Å². The maximum absolute atomic E-state index is 10.5. The Balaban J connectivity index is 2.89. The molecule has 0 unspecified atom stereocenters. The van der Waals surface area contributed by atoms with Crippen LogP contribution < -0.4 is 10.9 Å². The first-order valence-electron chi connectivity index (χ1n) is 3.80. The number of nitrogens with zero attached hydrogens (tertiary/aromatic N) is 1. The van der Waals surface area contributed by atoms with Gasteiger partial charge in [-0.25, -0.2) is 9.78 Å². The van der Waals surface area contributed by atoms with Gasteiger partial charge in [-0.05, 0) is 18.6 Å². The highest BCUT2D eigenvalue weighted by atomic mass is 16.4. The van der Waals surface area contributed by atoms with E-state index in [2.05, 4.69) is 15.8 Å². The smallest absolute Gasteiger partial charge is 0.337 e. The fourth-order valence-electron chi connectivity index (χ4n) is 0.920. The molecule has 14 heavy (non-hydrogen) atoms. The Kier molecular flexibility index (Phi) is 3.01. The first kappa shape index (κ1) is 9.97. The number of aryl methyl sites for hydroxylation is 1. The lowest BCUT2D eigenvalue weighted by atomic mass is 10.2. The Labute approximate surface area is 79.9 Å². The van der Waals surface area contributed by atoms with Gasteiger partial charge in [0.15, 0.2) is 0 Å². The number of nitrogens with one attached hydrogen (secondary N) is 2. The zero-order valence-electron chi connectivity index (χ0n) is 7.44. The minimum atomic E-state index is -1.03. The molecule has 0 aliphatic heterocycles. The average molecular weight is 195 g/mol. The molecule has 0 spiro atoms. The fourth-order valence-corrected chi connectivity index (χ4v) is 0.920. The number of aromatic nitrogens is 1. The quantitative estimate of drug-likeness (QED) is 0.470. The molecule has 0 saturated carbocycles. The van der Waals surface area contributed by atoms with E-state index in [4.69, 9.17) is 5.11 Å². The Morgan fingerprint density at radius 3 is 2.86 bits per heavy atom. The van der Waals surface area contributed by atoms with Gasteiger partial charge in [0.25, 0.3) is 0 Å². The number of rotatable bonds is 4. The molecular weight excluding hydrogens is 186 g/mol. The van der Waals surface area contributed by atoms with Crippen LogP contribution in [0.3, 0.4) is 0 Å². The molecule has 1 rings (SSSR count). The summed E-state index contributed by atoms with van der Waals surface area (Å²) in [4.78, 5) is 24.3. The third-order valence-corrected chi connectivity index (χ3v) is 1.57. The Hall–Kier alpha value is -2.11. The monoisotopic (exact) mass is 195 g/mol. The first-order valence-corrected chi connectivity index (χ1v) is 3.80. The van der Waals surface area contributed by atoms with Crippen molar-refractivity contribution in [2.45, 2.75) is 6.92 Å². The maximum atomic E-state index is 10.5. The van der Waals surface area contributed by atoms with E-state index in [1.54, 1.807) is 6.92 Å². The summed E-state index contributed by atoms with van der Waals surface area (Å²) in [6.45, 7) is 1.69. The van der Waals surface area contributed by atoms with Gasteiger partial charge in [0.2, 0.25) is 6.41 Å². The largest absolute Gasteiger partial charge is 0.478 e. The lowest BCUT2D eigenvalue weighted by Gasteiger charge is -2.06. The van der Waals surface area contributed by atoms with Crippen LogP contribution in [-0.4, -0.2) is 22.5 Å². The number of carbonyl (C=O) groups excluding carboxylic acids is 1. The van der Waals surface area contributed by atoms with Gasteiger partial charge in [-0.15, -0.1) is 0 Å². The minimum Gasteiger partial charge on any atom is -0.478 e. The highest BCUT2D eigenvalue weighted by Gasteiger charge is 2.05. The van der Waals surface area contributed by atoms with Gasteiger partial charge in [-0.2, -0.15) is 0 Å². The van der Waals surface area contributed by atoms with Gasteiger partial charge in [-0.1, -0.05) is 0 Å². The number of aromatic carboxylic acids is 1. The van der Waals surface area contributed by atoms with Crippen molar-refractivity contribution in [3.63, 3.8) is 0 Å². The molecule has 0 aliphatic carbocycles. The summed E-state index contributed by atoms with van der Waals surface area (Å²) in [6, 6.07) is 1.46. The number of hydrogen-bond acceptors (Lipinski definition) is 4. The second-order valence-electron chi connectivity index (χ2n) is 2.58. The number of carbonyl (C=O) groups is 2. The number of pyridine rings is 1. The van der Waals surface area contributed by atoms with Crippen LogP contribution in [-0.2, 0) is 4.79 Å². The number of amides is 1. The molecule has 0 atom stereocenters. The molecule has 3 N–H and O–H groups in total. The second kappa shape index (κ2) is 4.22. The van der Waals surface area contributed by atoms with Crippen molar-refractivity contribution < 1.29 is 14.7 Å². The third-order valence-electron chi connectivity index (χ3n) is 1.57.